The van der Waals surface area contributed by atoms with Gasteiger partial charge in [-0.1, -0.05) is 18.5 Å². The molecule has 3 rings (SSSR count). The molecule has 0 N–H and O–H groups in total. The third kappa shape index (κ3) is 1.04. The van der Waals surface area contributed by atoms with Gasteiger partial charge in [-0.05, 0) is 12.3 Å². The zero-order valence-electron chi connectivity index (χ0n) is 7.68. The van der Waals surface area contributed by atoms with Crippen molar-refractivity contribution in [2.45, 2.75) is 19.3 Å². The third-order valence-corrected chi connectivity index (χ3v) is 3.01. The fourth-order valence-corrected chi connectivity index (χ4v) is 1.99. The van der Waals surface area contributed by atoms with Gasteiger partial charge in [-0.15, -0.1) is 10.2 Å². The van der Waals surface area contributed by atoms with E-state index < -0.39 is 0 Å². The van der Waals surface area contributed by atoms with Gasteiger partial charge >= 0.3 is 0 Å². The van der Waals surface area contributed by atoms with Gasteiger partial charge in [0.15, 0.2) is 5.65 Å². The van der Waals surface area contributed by atoms with Crippen LogP contribution in [0.25, 0.3) is 5.65 Å². The molecular weight excluding hydrogens is 200 g/mol. The van der Waals surface area contributed by atoms with Crippen molar-refractivity contribution in [3.8, 4) is 0 Å². The molecule has 0 radical (unpaired) electrons. The second-order valence-electron chi connectivity index (χ2n) is 3.80. The van der Waals surface area contributed by atoms with Crippen LogP contribution in [-0.2, 0) is 0 Å². The Bertz CT molecular complexity index is 493. The molecule has 0 aliphatic heterocycles. The van der Waals surface area contributed by atoms with Crippen LogP contribution >= 0.6 is 11.6 Å². The summed E-state index contributed by atoms with van der Waals surface area (Å²) < 4.78 is 1.88. The number of halogens is 1. The third-order valence-electron chi connectivity index (χ3n) is 2.74. The first kappa shape index (κ1) is 8.17. The summed E-state index contributed by atoms with van der Waals surface area (Å²) in [6, 6.07) is 0. The highest BCUT2D eigenvalue weighted by Crippen LogP contribution is 2.46. The molecule has 0 spiro atoms. The Labute approximate surface area is 85.9 Å². The van der Waals surface area contributed by atoms with E-state index in [0.717, 1.165) is 11.5 Å². The minimum atomic E-state index is 0.518. The number of rotatable bonds is 1. The van der Waals surface area contributed by atoms with Crippen molar-refractivity contribution in [3.63, 3.8) is 0 Å². The molecule has 72 valence electrons. The summed E-state index contributed by atoms with van der Waals surface area (Å²) in [5.74, 6) is 2.19. The van der Waals surface area contributed by atoms with E-state index in [0.29, 0.717) is 17.0 Å². The highest BCUT2D eigenvalue weighted by atomic mass is 35.5. The van der Waals surface area contributed by atoms with Gasteiger partial charge in [0.1, 0.15) is 11.0 Å². The van der Waals surface area contributed by atoms with E-state index in [1.54, 1.807) is 12.4 Å². The molecule has 1 saturated carbocycles. The fourth-order valence-electron chi connectivity index (χ4n) is 1.76. The summed E-state index contributed by atoms with van der Waals surface area (Å²) in [7, 11) is 0. The van der Waals surface area contributed by atoms with Crippen LogP contribution in [0.5, 0.6) is 0 Å². The van der Waals surface area contributed by atoms with Crippen molar-refractivity contribution in [2.24, 2.45) is 5.92 Å². The van der Waals surface area contributed by atoms with Crippen LogP contribution < -0.4 is 0 Å². The Kier molecular flexibility index (Phi) is 1.56. The van der Waals surface area contributed by atoms with Crippen LogP contribution in [-0.4, -0.2) is 19.6 Å². The Morgan fingerprint density at radius 1 is 1.43 bits per heavy atom. The lowest BCUT2D eigenvalue weighted by atomic mass is 10.3. The normalized spacial score (nSPS) is 25.6. The van der Waals surface area contributed by atoms with Crippen molar-refractivity contribution >= 4 is 17.2 Å². The molecule has 1 aliphatic rings. The number of hydrogen-bond donors (Lipinski definition) is 0. The van der Waals surface area contributed by atoms with Gasteiger partial charge < -0.3 is 0 Å². The molecule has 0 amide bonds. The van der Waals surface area contributed by atoms with E-state index in [9.17, 15) is 0 Å². The maximum atomic E-state index is 6.04. The standard InChI is InChI=1S/C9H9ClN4/c1-5-2-6(5)9-13-12-8-4-11-3-7(10)14(8)9/h3-6H,2H2,1H3. The highest BCUT2D eigenvalue weighted by molar-refractivity contribution is 6.29. The van der Waals surface area contributed by atoms with Crippen LogP contribution in [0.2, 0.25) is 5.15 Å². The first-order chi connectivity index (χ1) is 6.77. The smallest absolute Gasteiger partial charge is 0.180 e. The molecule has 2 unspecified atom stereocenters. The molecule has 2 heterocycles. The van der Waals surface area contributed by atoms with E-state index in [4.69, 9.17) is 11.6 Å². The lowest BCUT2D eigenvalue weighted by molar-refractivity contribution is 0.825. The summed E-state index contributed by atoms with van der Waals surface area (Å²) in [5.41, 5.74) is 0.728. The van der Waals surface area contributed by atoms with Gasteiger partial charge in [-0.25, -0.2) is 0 Å². The molecule has 1 fully saturated rings. The van der Waals surface area contributed by atoms with Crippen molar-refractivity contribution in [2.75, 3.05) is 0 Å². The maximum Gasteiger partial charge on any atom is 0.180 e. The Morgan fingerprint density at radius 2 is 2.21 bits per heavy atom. The average molecular weight is 209 g/mol. The molecule has 0 bridgehead atoms. The largest absolute Gasteiger partial charge is 0.266 e. The van der Waals surface area contributed by atoms with E-state index in [1.807, 2.05) is 4.40 Å². The predicted octanol–water partition coefficient (Wildman–Crippen LogP) is 1.90. The zero-order chi connectivity index (χ0) is 9.71. The van der Waals surface area contributed by atoms with E-state index in [2.05, 4.69) is 22.1 Å². The molecule has 14 heavy (non-hydrogen) atoms. The summed E-state index contributed by atoms with van der Waals surface area (Å²) in [4.78, 5) is 3.97. The van der Waals surface area contributed by atoms with E-state index in [1.165, 1.54) is 6.42 Å². The van der Waals surface area contributed by atoms with Crippen molar-refractivity contribution in [1.29, 1.82) is 0 Å². The van der Waals surface area contributed by atoms with Crippen molar-refractivity contribution in [3.05, 3.63) is 23.4 Å². The molecule has 0 saturated heterocycles. The molecule has 1 aliphatic carbocycles. The SMILES string of the molecule is CC1CC1c1nnc2cncc(Cl)n12. The van der Waals surface area contributed by atoms with Gasteiger partial charge in [-0.3, -0.25) is 9.38 Å². The molecule has 0 aromatic carbocycles. The number of aromatic nitrogens is 4. The van der Waals surface area contributed by atoms with Crippen LogP contribution in [0, 0.1) is 5.92 Å². The summed E-state index contributed by atoms with van der Waals surface area (Å²) in [6.45, 7) is 2.21. The Morgan fingerprint density at radius 3 is 2.93 bits per heavy atom. The van der Waals surface area contributed by atoms with E-state index >= 15 is 0 Å². The van der Waals surface area contributed by atoms with Gasteiger partial charge in [0.05, 0.1) is 12.4 Å². The Hall–Kier alpha value is -1.16. The average Bonchev–Trinajstić information content (AvgIpc) is 2.75. The summed E-state index contributed by atoms with van der Waals surface area (Å²) >= 11 is 6.04. The number of nitrogens with zero attached hydrogens (tertiary/aromatic N) is 4. The topological polar surface area (TPSA) is 43.1 Å². The van der Waals surface area contributed by atoms with Gasteiger partial charge in [-0.2, -0.15) is 0 Å². The van der Waals surface area contributed by atoms with Crippen LogP contribution in [0.15, 0.2) is 12.4 Å². The first-order valence-corrected chi connectivity index (χ1v) is 4.99. The molecule has 2 aromatic heterocycles. The van der Waals surface area contributed by atoms with Crippen molar-refractivity contribution in [1.82, 2.24) is 19.6 Å². The monoisotopic (exact) mass is 208 g/mol. The molecule has 2 aromatic rings. The fraction of sp³-hybridized carbons (Fsp3) is 0.444. The zero-order valence-corrected chi connectivity index (χ0v) is 8.44. The molecule has 4 nitrogen and oxygen atoms in total. The molecule has 2 atom stereocenters. The highest BCUT2D eigenvalue weighted by Gasteiger charge is 2.38. The summed E-state index contributed by atoms with van der Waals surface area (Å²) in [5, 5.41) is 8.78. The maximum absolute atomic E-state index is 6.04. The molecular formula is C9H9ClN4. The Balaban J connectivity index is 2.25. The first-order valence-electron chi connectivity index (χ1n) is 4.62. The van der Waals surface area contributed by atoms with E-state index in [-0.39, 0.29) is 0 Å². The van der Waals surface area contributed by atoms with Gasteiger partial charge in [0.25, 0.3) is 0 Å². The lowest BCUT2D eigenvalue weighted by Gasteiger charge is -1.99. The minimum Gasteiger partial charge on any atom is -0.266 e. The predicted molar refractivity (Wildman–Crippen MR) is 52.3 cm³/mol. The number of hydrogen-bond acceptors (Lipinski definition) is 3. The quantitative estimate of drug-likeness (QED) is 0.719. The van der Waals surface area contributed by atoms with Crippen LogP contribution in [0.1, 0.15) is 25.1 Å². The van der Waals surface area contributed by atoms with Gasteiger partial charge in [0, 0.05) is 5.92 Å². The number of fused-ring (bicyclic) bond motifs is 1. The minimum absolute atomic E-state index is 0.518. The van der Waals surface area contributed by atoms with Crippen molar-refractivity contribution < 1.29 is 0 Å². The second-order valence-corrected chi connectivity index (χ2v) is 4.19. The summed E-state index contributed by atoms with van der Waals surface area (Å²) in [6.07, 6.45) is 4.48. The van der Waals surface area contributed by atoms with Crippen LogP contribution in [0.4, 0.5) is 0 Å². The molecule has 5 heteroatoms. The van der Waals surface area contributed by atoms with Gasteiger partial charge in [0.2, 0.25) is 0 Å². The van der Waals surface area contributed by atoms with Crippen LogP contribution in [0.3, 0.4) is 0 Å². The lowest BCUT2D eigenvalue weighted by Crippen LogP contribution is -1.95. The second kappa shape index (κ2) is 2.67.